The van der Waals surface area contributed by atoms with Gasteiger partial charge in [-0.25, -0.2) is 0 Å². The van der Waals surface area contributed by atoms with Crippen molar-refractivity contribution in [2.75, 3.05) is 7.11 Å². The van der Waals surface area contributed by atoms with Crippen LogP contribution in [0.25, 0.3) is 0 Å². The number of ether oxygens (including phenoxy) is 1. The van der Waals surface area contributed by atoms with Crippen LogP contribution in [0.1, 0.15) is 19.0 Å². The number of aromatic nitrogens is 2. The molecular formula is C10H16N2O2. The van der Waals surface area contributed by atoms with Gasteiger partial charge in [-0.1, -0.05) is 6.92 Å². The summed E-state index contributed by atoms with van der Waals surface area (Å²) in [5.74, 6) is 0.0914. The van der Waals surface area contributed by atoms with Crippen LogP contribution in [0.15, 0.2) is 12.3 Å². The highest BCUT2D eigenvalue weighted by Crippen LogP contribution is 2.04. The van der Waals surface area contributed by atoms with E-state index >= 15 is 0 Å². The summed E-state index contributed by atoms with van der Waals surface area (Å²) in [6.45, 7) is 1.94. The van der Waals surface area contributed by atoms with Gasteiger partial charge in [0.25, 0.3) is 0 Å². The Morgan fingerprint density at radius 3 is 2.86 bits per heavy atom. The zero-order valence-corrected chi connectivity index (χ0v) is 8.86. The van der Waals surface area contributed by atoms with E-state index in [2.05, 4.69) is 5.10 Å². The summed E-state index contributed by atoms with van der Waals surface area (Å²) in [5.41, 5.74) is 0.799. The largest absolute Gasteiger partial charge is 0.374 e. The molecule has 1 rings (SSSR count). The van der Waals surface area contributed by atoms with Gasteiger partial charge in [0.15, 0.2) is 5.78 Å². The molecule has 0 aromatic carbocycles. The summed E-state index contributed by atoms with van der Waals surface area (Å²) in [4.78, 5) is 11.6. The average Bonchev–Trinajstić information content (AvgIpc) is 2.53. The minimum Gasteiger partial charge on any atom is -0.374 e. The van der Waals surface area contributed by atoms with Gasteiger partial charge in [-0.15, -0.1) is 0 Å². The molecule has 1 heterocycles. The third-order valence-corrected chi connectivity index (χ3v) is 2.14. The van der Waals surface area contributed by atoms with Crippen molar-refractivity contribution in [3.63, 3.8) is 0 Å². The first-order valence-electron chi connectivity index (χ1n) is 4.71. The number of carbonyl (C=O) groups excluding carboxylic acids is 1. The Kier molecular flexibility index (Phi) is 3.83. The normalized spacial score (nSPS) is 12.8. The SMILES string of the molecule is CCC(OC)C(=O)Cc1ccn(C)n1. The van der Waals surface area contributed by atoms with Crippen molar-refractivity contribution >= 4 is 5.78 Å². The van der Waals surface area contributed by atoms with Crippen LogP contribution in [0.4, 0.5) is 0 Å². The van der Waals surface area contributed by atoms with Gasteiger partial charge in [0.1, 0.15) is 6.10 Å². The van der Waals surface area contributed by atoms with E-state index in [4.69, 9.17) is 4.74 Å². The molecule has 1 unspecified atom stereocenters. The zero-order chi connectivity index (χ0) is 10.6. The Labute approximate surface area is 83.9 Å². The highest BCUT2D eigenvalue weighted by atomic mass is 16.5. The zero-order valence-electron chi connectivity index (χ0n) is 8.86. The molecular weight excluding hydrogens is 180 g/mol. The van der Waals surface area contributed by atoms with Gasteiger partial charge < -0.3 is 4.74 Å². The number of rotatable bonds is 5. The highest BCUT2D eigenvalue weighted by molar-refractivity contribution is 5.84. The Morgan fingerprint density at radius 2 is 2.43 bits per heavy atom. The average molecular weight is 196 g/mol. The molecule has 0 aliphatic heterocycles. The molecule has 4 nitrogen and oxygen atoms in total. The minimum absolute atomic E-state index is 0.0914. The van der Waals surface area contributed by atoms with Crippen molar-refractivity contribution in [3.05, 3.63) is 18.0 Å². The molecule has 1 aromatic heterocycles. The lowest BCUT2D eigenvalue weighted by atomic mass is 10.1. The Hall–Kier alpha value is -1.16. The van der Waals surface area contributed by atoms with Crippen LogP contribution in [0, 0.1) is 0 Å². The van der Waals surface area contributed by atoms with E-state index in [1.54, 1.807) is 11.8 Å². The lowest BCUT2D eigenvalue weighted by Crippen LogP contribution is -2.24. The predicted molar refractivity (Wildman–Crippen MR) is 53.0 cm³/mol. The van der Waals surface area contributed by atoms with Gasteiger partial charge in [0.2, 0.25) is 0 Å². The second kappa shape index (κ2) is 4.91. The van der Waals surface area contributed by atoms with Crippen LogP contribution >= 0.6 is 0 Å². The lowest BCUT2D eigenvalue weighted by molar-refractivity contribution is -0.128. The van der Waals surface area contributed by atoms with Crippen LogP contribution in [-0.4, -0.2) is 28.8 Å². The van der Waals surface area contributed by atoms with E-state index in [0.29, 0.717) is 12.8 Å². The molecule has 14 heavy (non-hydrogen) atoms. The van der Waals surface area contributed by atoms with E-state index in [-0.39, 0.29) is 11.9 Å². The molecule has 0 fully saturated rings. The van der Waals surface area contributed by atoms with Crippen LogP contribution in [0.2, 0.25) is 0 Å². The fraction of sp³-hybridized carbons (Fsp3) is 0.600. The molecule has 0 saturated carbocycles. The van der Waals surface area contributed by atoms with Crippen LogP contribution < -0.4 is 0 Å². The maximum Gasteiger partial charge on any atom is 0.167 e. The van der Waals surface area contributed by atoms with Crippen molar-refractivity contribution < 1.29 is 9.53 Å². The fourth-order valence-corrected chi connectivity index (χ4v) is 1.38. The van der Waals surface area contributed by atoms with E-state index in [0.717, 1.165) is 5.69 Å². The van der Waals surface area contributed by atoms with Gasteiger partial charge in [0.05, 0.1) is 12.1 Å². The second-order valence-corrected chi connectivity index (χ2v) is 3.26. The molecule has 0 aliphatic carbocycles. The molecule has 1 aromatic rings. The van der Waals surface area contributed by atoms with Crippen LogP contribution in [0.3, 0.4) is 0 Å². The number of hydrogen-bond donors (Lipinski definition) is 0. The molecule has 78 valence electrons. The van der Waals surface area contributed by atoms with Crippen LogP contribution in [-0.2, 0) is 23.0 Å². The Morgan fingerprint density at radius 1 is 1.71 bits per heavy atom. The van der Waals surface area contributed by atoms with Gasteiger partial charge in [-0.05, 0) is 12.5 Å². The van der Waals surface area contributed by atoms with Gasteiger partial charge >= 0.3 is 0 Å². The molecule has 0 aliphatic rings. The van der Waals surface area contributed by atoms with Crippen molar-refractivity contribution in [1.82, 2.24) is 9.78 Å². The molecule has 0 bridgehead atoms. The van der Waals surface area contributed by atoms with Crippen molar-refractivity contribution in [2.45, 2.75) is 25.9 Å². The van der Waals surface area contributed by atoms with E-state index < -0.39 is 0 Å². The number of Topliss-reactive ketones (excluding diaryl/α,β-unsaturated/α-hetero) is 1. The summed E-state index contributed by atoms with van der Waals surface area (Å²) in [5, 5.41) is 4.14. The maximum absolute atomic E-state index is 11.6. The third-order valence-electron chi connectivity index (χ3n) is 2.14. The van der Waals surface area contributed by atoms with E-state index in [1.165, 1.54) is 0 Å². The van der Waals surface area contributed by atoms with Gasteiger partial charge in [-0.2, -0.15) is 5.10 Å². The molecule has 0 amide bonds. The summed E-state index contributed by atoms with van der Waals surface area (Å²) in [6, 6.07) is 1.85. The fourth-order valence-electron chi connectivity index (χ4n) is 1.38. The number of nitrogens with zero attached hydrogens (tertiary/aromatic N) is 2. The topological polar surface area (TPSA) is 44.1 Å². The molecule has 0 N–H and O–H groups in total. The minimum atomic E-state index is -0.294. The number of ketones is 1. The monoisotopic (exact) mass is 196 g/mol. The number of aryl methyl sites for hydroxylation is 1. The van der Waals surface area contributed by atoms with E-state index in [9.17, 15) is 4.79 Å². The highest BCUT2D eigenvalue weighted by Gasteiger charge is 2.16. The molecule has 1 atom stereocenters. The first kappa shape index (κ1) is 10.9. The van der Waals surface area contributed by atoms with Crippen molar-refractivity contribution in [1.29, 1.82) is 0 Å². The quantitative estimate of drug-likeness (QED) is 0.704. The summed E-state index contributed by atoms with van der Waals surface area (Å²) < 4.78 is 6.75. The maximum atomic E-state index is 11.6. The number of methoxy groups -OCH3 is 1. The second-order valence-electron chi connectivity index (χ2n) is 3.26. The van der Waals surface area contributed by atoms with Gasteiger partial charge in [-0.3, -0.25) is 9.48 Å². The number of carbonyl (C=O) groups is 1. The van der Waals surface area contributed by atoms with Crippen molar-refractivity contribution in [3.8, 4) is 0 Å². The van der Waals surface area contributed by atoms with Crippen LogP contribution in [0.5, 0.6) is 0 Å². The Bertz CT molecular complexity index is 303. The third kappa shape index (κ3) is 2.67. The smallest absolute Gasteiger partial charge is 0.167 e. The Balaban J connectivity index is 2.56. The summed E-state index contributed by atoms with van der Waals surface area (Å²) in [7, 11) is 3.39. The predicted octanol–water partition coefficient (Wildman–Crippen LogP) is 0.957. The van der Waals surface area contributed by atoms with E-state index in [1.807, 2.05) is 26.2 Å². The van der Waals surface area contributed by atoms with Crippen molar-refractivity contribution in [2.24, 2.45) is 7.05 Å². The lowest BCUT2D eigenvalue weighted by Gasteiger charge is -2.09. The standard InChI is InChI=1S/C10H16N2O2/c1-4-10(14-3)9(13)7-8-5-6-12(2)11-8/h5-6,10H,4,7H2,1-3H3. The molecule has 4 heteroatoms. The summed E-state index contributed by atoms with van der Waals surface area (Å²) >= 11 is 0. The molecule has 0 saturated heterocycles. The number of hydrogen-bond acceptors (Lipinski definition) is 3. The molecule has 0 radical (unpaired) electrons. The first-order valence-corrected chi connectivity index (χ1v) is 4.71. The van der Waals surface area contributed by atoms with Gasteiger partial charge in [0, 0.05) is 20.4 Å². The summed E-state index contributed by atoms with van der Waals surface area (Å²) in [6.07, 6.45) is 2.60. The first-order chi connectivity index (χ1) is 6.67. The molecule has 0 spiro atoms.